The van der Waals surface area contributed by atoms with Gasteiger partial charge in [-0.1, -0.05) is 27.2 Å². The summed E-state index contributed by atoms with van der Waals surface area (Å²) in [5.74, 6) is 1.85. The lowest BCUT2D eigenvalue weighted by Crippen LogP contribution is -2.38. The highest BCUT2D eigenvalue weighted by atomic mass is 16.4. The standard InChI is InChI=1S/C13H23N3O/c1-4-11-7-5-6-8-16(11)9-12-14-15-13(17-12)10(2)3/h10-11H,4-9H2,1-3H3/t11-/m1/s1. The Morgan fingerprint density at radius 2 is 2.18 bits per heavy atom. The molecule has 0 aromatic carbocycles. The smallest absolute Gasteiger partial charge is 0.230 e. The van der Waals surface area contributed by atoms with Crippen LogP contribution < -0.4 is 0 Å². The molecule has 0 saturated carbocycles. The lowest BCUT2D eigenvalue weighted by atomic mass is 10.0. The van der Waals surface area contributed by atoms with Crippen molar-refractivity contribution in [3.8, 4) is 0 Å². The molecule has 4 heteroatoms. The van der Waals surface area contributed by atoms with Crippen LogP contribution in [0, 0.1) is 0 Å². The molecule has 1 aromatic rings. The van der Waals surface area contributed by atoms with E-state index in [-0.39, 0.29) is 0 Å². The van der Waals surface area contributed by atoms with Crippen LogP contribution >= 0.6 is 0 Å². The molecule has 1 fully saturated rings. The highest BCUT2D eigenvalue weighted by Crippen LogP contribution is 2.22. The van der Waals surface area contributed by atoms with Gasteiger partial charge >= 0.3 is 0 Å². The Hall–Kier alpha value is -0.900. The molecule has 4 nitrogen and oxygen atoms in total. The fraction of sp³-hybridized carbons (Fsp3) is 0.846. The van der Waals surface area contributed by atoms with Gasteiger partial charge in [0.1, 0.15) is 0 Å². The zero-order valence-electron chi connectivity index (χ0n) is 11.1. The summed E-state index contributed by atoms with van der Waals surface area (Å²) in [6.45, 7) is 8.40. The fourth-order valence-corrected chi connectivity index (χ4v) is 2.47. The fourth-order valence-electron chi connectivity index (χ4n) is 2.47. The van der Waals surface area contributed by atoms with Crippen molar-refractivity contribution in [3.05, 3.63) is 11.8 Å². The van der Waals surface area contributed by atoms with Crippen LogP contribution in [0.4, 0.5) is 0 Å². The average molecular weight is 237 g/mol. The van der Waals surface area contributed by atoms with Gasteiger partial charge in [-0.2, -0.15) is 0 Å². The maximum atomic E-state index is 5.68. The van der Waals surface area contributed by atoms with Crippen molar-refractivity contribution >= 4 is 0 Å². The minimum atomic E-state index is 0.319. The molecule has 0 radical (unpaired) electrons. The Labute approximate surface area is 103 Å². The molecule has 0 spiro atoms. The van der Waals surface area contributed by atoms with Crippen LogP contribution in [-0.4, -0.2) is 27.7 Å². The van der Waals surface area contributed by atoms with Gasteiger partial charge in [-0.15, -0.1) is 10.2 Å². The molecule has 1 atom stereocenters. The van der Waals surface area contributed by atoms with Crippen LogP contribution in [0.25, 0.3) is 0 Å². The van der Waals surface area contributed by atoms with Gasteiger partial charge in [0.15, 0.2) is 0 Å². The van der Waals surface area contributed by atoms with Crippen molar-refractivity contribution in [2.75, 3.05) is 6.54 Å². The largest absolute Gasteiger partial charge is 0.424 e. The van der Waals surface area contributed by atoms with Crippen LogP contribution in [0.15, 0.2) is 4.42 Å². The summed E-state index contributed by atoms with van der Waals surface area (Å²) in [4.78, 5) is 2.49. The summed E-state index contributed by atoms with van der Waals surface area (Å²) in [6, 6.07) is 0.693. The summed E-state index contributed by atoms with van der Waals surface area (Å²) in [7, 11) is 0. The third-order valence-electron chi connectivity index (χ3n) is 3.54. The van der Waals surface area contributed by atoms with Gasteiger partial charge in [0.05, 0.1) is 6.54 Å². The van der Waals surface area contributed by atoms with Gasteiger partial charge in [-0.05, 0) is 25.8 Å². The molecule has 1 aliphatic rings. The number of hydrogen-bond acceptors (Lipinski definition) is 4. The normalized spacial score (nSPS) is 22.2. The second-order valence-corrected chi connectivity index (χ2v) is 5.22. The molecule has 0 aliphatic carbocycles. The summed E-state index contributed by atoms with van der Waals surface area (Å²) in [6.07, 6.45) is 5.17. The Morgan fingerprint density at radius 3 is 2.82 bits per heavy atom. The first-order valence-electron chi connectivity index (χ1n) is 6.77. The topological polar surface area (TPSA) is 42.2 Å². The average Bonchev–Trinajstić information content (AvgIpc) is 2.78. The van der Waals surface area contributed by atoms with Crippen LogP contribution in [0.5, 0.6) is 0 Å². The van der Waals surface area contributed by atoms with E-state index >= 15 is 0 Å². The van der Waals surface area contributed by atoms with E-state index in [9.17, 15) is 0 Å². The van der Waals surface area contributed by atoms with Crippen LogP contribution in [0.1, 0.15) is 64.2 Å². The van der Waals surface area contributed by atoms with E-state index in [4.69, 9.17) is 4.42 Å². The van der Waals surface area contributed by atoms with E-state index in [0.29, 0.717) is 12.0 Å². The molecule has 96 valence electrons. The SMILES string of the molecule is CC[C@@H]1CCCCN1Cc1nnc(C(C)C)o1. The zero-order chi connectivity index (χ0) is 12.3. The Kier molecular flexibility index (Phi) is 4.15. The van der Waals surface area contributed by atoms with Crippen molar-refractivity contribution < 1.29 is 4.42 Å². The summed E-state index contributed by atoms with van der Waals surface area (Å²) < 4.78 is 5.68. The molecule has 2 heterocycles. The third kappa shape index (κ3) is 3.06. The van der Waals surface area contributed by atoms with Gasteiger partial charge in [-0.25, -0.2) is 0 Å². The monoisotopic (exact) mass is 237 g/mol. The summed E-state index contributed by atoms with van der Waals surface area (Å²) in [5.41, 5.74) is 0. The Balaban J connectivity index is 1.98. The van der Waals surface area contributed by atoms with E-state index in [1.807, 2.05) is 0 Å². The molecule has 0 amide bonds. The van der Waals surface area contributed by atoms with Crippen LogP contribution in [0.2, 0.25) is 0 Å². The predicted molar refractivity (Wildman–Crippen MR) is 66.7 cm³/mol. The first kappa shape index (κ1) is 12.6. The highest BCUT2D eigenvalue weighted by Gasteiger charge is 2.22. The van der Waals surface area contributed by atoms with Gasteiger partial charge < -0.3 is 4.42 Å². The summed E-state index contributed by atoms with van der Waals surface area (Å²) >= 11 is 0. The number of piperidine rings is 1. The lowest BCUT2D eigenvalue weighted by molar-refractivity contribution is 0.123. The van der Waals surface area contributed by atoms with Crippen molar-refractivity contribution in [3.63, 3.8) is 0 Å². The molecule has 1 saturated heterocycles. The molecular weight excluding hydrogens is 214 g/mol. The van der Waals surface area contributed by atoms with E-state index in [1.165, 1.54) is 25.7 Å². The van der Waals surface area contributed by atoms with E-state index in [0.717, 1.165) is 24.9 Å². The minimum Gasteiger partial charge on any atom is -0.424 e. The molecular formula is C13H23N3O. The molecule has 2 rings (SSSR count). The second-order valence-electron chi connectivity index (χ2n) is 5.22. The molecule has 0 bridgehead atoms. The van der Waals surface area contributed by atoms with Crippen molar-refractivity contribution in [2.24, 2.45) is 0 Å². The molecule has 17 heavy (non-hydrogen) atoms. The second kappa shape index (κ2) is 5.63. The van der Waals surface area contributed by atoms with Crippen LogP contribution in [-0.2, 0) is 6.54 Å². The lowest BCUT2D eigenvalue weighted by Gasteiger charge is -2.33. The van der Waals surface area contributed by atoms with Crippen LogP contribution in [0.3, 0.4) is 0 Å². The number of aromatic nitrogens is 2. The predicted octanol–water partition coefficient (Wildman–Crippen LogP) is 2.96. The minimum absolute atomic E-state index is 0.319. The van der Waals surface area contributed by atoms with Gasteiger partial charge in [0.25, 0.3) is 0 Å². The van der Waals surface area contributed by atoms with Gasteiger partial charge in [0, 0.05) is 12.0 Å². The molecule has 0 N–H and O–H groups in total. The van der Waals surface area contributed by atoms with E-state index in [1.54, 1.807) is 0 Å². The van der Waals surface area contributed by atoms with Crippen molar-refractivity contribution in [2.45, 2.75) is 65.0 Å². The number of hydrogen-bond donors (Lipinski definition) is 0. The molecule has 1 aliphatic heterocycles. The number of rotatable bonds is 4. The summed E-state index contributed by atoms with van der Waals surface area (Å²) in [5, 5.41) is 8.23. The van der Waals surface area contributed by atoms with Gasteiger partial charge in [0.2, 0.25) is 11.8 Å². The van der Waals surface area contributed by atoms with Gasteiger partial charge in [-0.3, -0.25) is 4.90 Å². The number of likely N-dealkylation sites (tertiary alicyclic amines) is 1. The first-order valence-corrected chi connectivity index (χ1v) is 6.77. The maximum absolute atomic E-state index is 5.68. The zero-order valence-corrected chi connectivity index (χ0v) is 11.1. The molecule has 0 unspecified atom stereocenters. The highest BCUT2D eigenvalue weighted by molar-refractivity contribution is 4.88. The van der Waals surface area contributed by atoms with E-state index < -0.39 is 0 Å². The maximum Gasteiger partial charge on any atom is 0.230 e. The van der Waals surface area contributed by atoms with Crippen molar-refractivity contribution in [1.29, 1.82) is 0 Å². The quantitative estimate of drug-likeness (QED) is 0.807. The third-order valence-corrected chi connectivity index (χ3v) is 3.54. The Bertz CT molecular complexity index is 348. The Morgan fingerprint density at radius 1 is 1.35 bits per heavy atom. The van der Waals surface area contributed by atoms with E-state index in [2.05, 4.69) is 35.9 Å². The number of nitrogens with zero attached hydrogens (tertiary/aromatic N) is 3. The molecule has 1 aromatic heterocycles. The first-order chi connectivity index (χ1) is 8.20. The van der Waals surface area contributed by atoms with Crippen molar-refractivity contribution in [1.82, 2.24) is 15.1 Å².